The molecule has 0 spiro atoms. The van der Waals surface area contributed by atoms with E-state index in [0.29, 0.717) is 28.1 Å². The number of anilines is 2. The molecule has 0 saturated heterocycles. The van der Waals surface area contributed by atoms with Gasteiger partial charge in [0.05, 0.1) is 0 Å². The number of hydrogen-bond acceptors (Lipinski definition) is 3. The first-order valence-corrected chi connectivity index (χ1v) is 8.67. The molecule has 3 amide bonds. The molecule has 0 aliphatic heterocycles. The lowest BCUT2D eigenvalue weighted by atomic mass is 10.1. The Balaban J connectivity index is 1.71. The summed E-state index contributed by atoms with van der Waals surface area (Å²) in [7, 11) is 1.53. The molecule has 0 unspecified atom stereocenters. The van der Waals surface area contributed by atoms with Gasteiger partial charge in [-0.2, -0.15) is 0 Å². The van der Waals surface area contributed by atoms with Crippen LogP contribution in [0.5, 0.6) is 0 Å². The lowest BCUT2D eigenvalue weighted by molar-refractivity contribution is 0.0962. The highest BCUT2D eigenvalue weighted by Gasteiger charge is 2.11. The second kappa shape index (κ2) is 8.64. The van der Waals surface area contributed by atoms with Crippen LogP contribution in [0.3, 0.4) is 0 Å². The van der Waals surface area contributed by atoms with Crippen LogP contribution in [-0.4, -0.2) is 24.8 Å². The highest BCUT2D eigenvalue weighted by atomic mass is 16.2. The third kappa shape index (κ3) is 4.62. The number of rotatable bonds is 5. The van der Waals surface area contributed by atoms with E-state index in [1.54, 1.807) is 66.7 Å². The minimum absolute atomic E-state index is 0.234. The van der Waals surface area contributed by atoms with E-state index < -0.39 is 0 Å². The molecule has 0 aromatic heterocycles. The smallest absolute Gasteiger partial charge is 0.255 e. The lowest BCUT2D eigenvalue weighted by Gasteiger charge is -2.10. The number of nitrogens with one attached hydrogen (secondary N) is 3. The number of amides is 3. The highest BCUT2D eigenvalue weighted by Crippen LogP contribution is 2.17. The molecule has 0 saturated carbocycles. The maximum atomic E-state index is 12.5. The van der Waals surface area contributed by atoms with Crippen LogP contribution in [0, 0.1) is 0 Å². The monoisotopic (exact) mass is 373 g/mol. The van der Waals surface area contributed by atoms with Gasteiger partial charge in [0.15, 0.2) is 0 Å². The molecule has 3 N–H and O–H groups in total. The van der Waals surface area contributed by atoms with Crippen molar-refractivity contribution in [3.63, 3.8) is 0 Å². The quantitative estimate of drug-likeness (QED) is 0.639. The van der Waals surface area contributed by atoms with Crippen LogP contribution >= 0.6 is 0 Å². The van der Waals surface area contributed by atoms with Gasteiger partial charge in [0.25, 0.3) is 17.7 Å². The lowest BCUT2D eigenvalue weighted by Crippen LogP contribution is -2.19. The molecule has 0 heterocycles. The van der Waals surface area contributed by atoms with Crippen LogP contribution in [0.1, 0.15) is 31.1 Å². The predicted octanol–water partition coefficient (Wildman–Crippen LogP) is 3.55. The number of carbonyl (C=O) groups excluding carboxylic acids is 3. The average Bonchev–Trinajstić information content (AvgIpc) is 2.74. The summed E-state index contributed by atoms with van der Waals surface area (Å²) in [5.41, 5.74) is 2.40. The summed E-state index contributed by atoms with van der Waals surface area (Å²) in [6, 6.07) is 22.2. The van der Waals surface area contributed by atoms with Gasteiger partial charge in [0.1, 0.15) is 0 Å². The summed E-state index contributed by atoms with van der Waals surface area (Å²) >= 11 is 0. The molecule has 0 radical (unpaired) electrons. The molecule has 6 nitrogen and oxygen atoms in total. The molecule has 0 aliphatic carbocycles. The molecular weight excluding hydrogens is 354 g/mol. The van der Waals surface area contributed by atoms with Crippen LogP contribution in [0.25, 0.3) is 0 Å². The highest BCUT2D eigenvalue weighted by molar-refractivity contribution is 6.07. The Hall–Kier alpha value is -3.93. The van der Waals surface area contributed by atoms with Crippen molar-refractivity contribution in [1.82, 2.24) is 5.32 Å². The Morgan fingerprint density at radius 1 is 0.571 bits per heavy atom. The van der Waals surface area contributed by atoms with Crippen molar-refractivity contribution in [1.29, 1.82) is 0 Å². The summed E-state index contributed by atoms with van der Waals surface area (Å²) in [5.74, 6) is -0.847. The van der Waals surface area contributed by atoms with Gasteiger partial charge < -0.3 is 16.0 Å². The Labute approximate surface area is 162 Å². The van der Waals surface area contributed by atoms with Gasteiger partial charge in [-0.3, -0.25) is 14.4 Å². The van der Waals surface area contributed by atoms with Gasteiger partial charge in [-0.25, -0.2) is 0 Å². The first kappa shape index (κ1) is 18.8. The molecule has 6 heteroatoms. The second-order valence-corrected chi connectivity index (χ2v) is 6.02. The molecule has 3 rings (SSSR count). The summed E-state index contributed by atoms with van der Waals surface area (Å²) in [4.78, 5) is 36.5. The van der Waals surface area contributed by atoms with Crippen LogP contribution in [-0.2, 0) is 0 Å². The van der Waals surface area contributed by atoms with Gasteiger partial charge in [-0.05, 0) is 48.5 Å². The zero-order chi connectivity index (χ0) is 19.9. The van der Waals surface area contributed by atoms with Gasteiger partial charge in [-0.15, -0.1) is 0 Å². The van der Waals surface area contributed by atoms with Gasteiger partial charge in [-0.1, -0.05) is 30.3 Å². The van der Waals surface area contributed by atoms with Crippen LogP contribution < -0.4 is 16.0 Å². The number of benzene rings is 3. The van der Waals surface area contributed by atoms with E-state index in [9.17, 15) is 14.4 Å². The van der Waals surface area contributed by atoms with E-state index in [-0.39, 0.29) is 17.7 Å². The fraction of sp³-hybridized carbons (Fsp3) is 0.0455. The molecular formula is C22H19N3O3. The molecule has 28 heavy (non-hydrogen) atoms. The van der Waals surface area contributed by atoms with Crippen LogP contribution in [0.15, 0.2) is 78.9 Å². The zero-order valence-electron chi connectivity index (χ0n) is 15.2. The zero-order valence-corrected chi connectivity index (χ0v) is 15.2. The molecule has 0 atom stereocenters. The standard InChI is InChI=1S/C22H19N3O3/c1-23-20(26)16-9-5-10-17(13-16)22(28)25-19-12-6-11-18(14-19)24-21(27)15-7-3-2-4-8-15/h2-14H,1H3,(H,23,26)(H,24,27)(H,25,28). The first-order valence-electron chi connectivity index (χ1n) is 8.67. The molecule has 0 fully saturated rings. The minimum Gasteiger partial charge on any atom is -0.355 e. The molecule has 0 bridgehead atoms. The molecule has 140 valence electrons. The van der Waals surface area contributed by atoms with E-state index in [4.69, 9.17) is 0 Å². The summed E-state index contributed by atoms with van der Waals surface area (Å²) in [6.07, 6.45) is 0. The largest absolute Gasteiger partial charge is 0.355 e. The van der Waals surface area contributed by atoms with Crippen molar-refractivity contribution < 1.29 is 14.4 Å². The van der Waals surface area contributed by atoms with Crippen LogP contribution in [0.2, 0.25) is 0 Å². The first-order chi connectivity index (χ1) is 13.6. The Kier molecular flexibility index (Phi) is 5.81. The van der Waals surface area contributed by atoms with Crippen molar-refractivity contribution in [3.8, 4) is 0 Å². The second-order valence-electron chi connectivity index (χ2n) is 6.02. The van der Waals surface area contributed by atoms with Crippen molar-refractivity contribution in [2.24, 2.45) is 0 Å². The Morgan fingerprint density at radius 3 is 1.68 bits per heavy atom. The van der Waals surface area contributed by atoms with E-state index in [1.807, 2.05) is 6.07 Å². The minimum atomic E-state index is -0.350. The fourth-order valence-corrected chi connectivity index (χ4v) is 2.62. The topological polar surface area (TPSA) is 87.3 Å². The van der Waals surface area contributed by atoms with Gasteiger partial charge in [0, 0.05) is 35.1 Å². The van der Waals surface area contributed by atoms with Crippen molar-refractivity contribution in [2.45, 2.75) is 0 Å². The summed E-state index contributed by atoms with van der Waals surface area (Å²) in [5, 5.41) is 8.10. The normalized spacial score (nSPS) is 10.0. The van der Waals surface area contributed by atoms with Gasteiger partial charge >= 0.3 is 0 Å². The van der Waals surface area contributed by atoms with Crippen molar-refractivity contribution >= 4 is 29.1 Å². The van der Waals surface area contributed by atoms with E-state index >= 15 is 0 Å². The van der Waals surface area contributed by atoms with Crippen molar-refractivity contribution in [3.05, 3.63) is 95.6 Å². The van der Waals surface area contributed by atoms with E-state index in [1.165, 1.54) is 13.1 Å². The van der Waals surface area contributed by atoms with Crippen LogP contribution in [0.4, 0.5) is 11.4 Å². The average molecular weight is 373 g/mol. The molecule has 0 aliphatic rings. The fourth-order valence-electron chi connectivity index (χ4n) is 2.62. The summed E-state index contributed by atoms with van der Waals surface area (Å²) < 4.78 is 0. The van der Waals surface area contributed by atoms with E-state index in [0.717, 1.165) is 0 Å². The Bertz CT molecular complexity index is 1020. The predicted molar refractivity (Wildman–Crippen MR) is 109 cm³/mol. The van der Waals surface area contributed by atoms with Gasteiger partial charge in [0.2, 0.25) is 0 Å². The summed E-state index contributed by atoms with van der Waals surface area (Å²) in [6.45, 7) is 0. The van der Waals surface area contributed by atoms with Crippen molar-refractivity contribution in [2.75, 3.05) is 17.7 Å². The maximum absolute atomic E-state index is 12.5. The number of carbonyl (C=O) groups is 3. The Morgan fingerprint density at radius 2 is 1.07 bits per heavy atom. The molecule has 3 aromatic carbocycles. The van der Waals surface area contributed by atoms with E-state index in [2.05, 4.69) is 16.0 Å². The third-order valence-electron chi connectivity index (χ3n) is 4.03. The molecule has 3 aromatic rings. The number of hydrogen-bond donors (Lipinski definition) is 3. The SMILES string of the molecule is CNC(=O)c1cccc(C(=O)Nc2cccc(NC(=O)c3ccccc3)c2)c1. The maximum Gasteiger partial charge on any atom is 0.255 e. The third-order valence-corrected chi connectivity index (χ3v) is 4.03.